The quantitative estimate of drug-likeness (QED) is 0.829. The van der Waals surface area contributed by atoms with E-state index >= 15 is 0 Å². The number of urea groups is 1. The second-order valence-corrected chi connectivity index (χ2v) is 4.23. The zero-order chi connectivity index (χ0) is 12.4. The second-order valence-electron chi connectivity index (χ2n) is 4.23. The van der Waals surface area contributed by atoms with Crippen LogP contribution in [0.3, 0.4) is 0 Å². The summed E-state index contributed by atoms with van der Waals surface area (Å²) in [5.41, 5.74) is 1.02. The van der Waals surface area contributed by atoms with Crippen LogP contribution in [0.4, 0.5) is 10.7 Å². The van der Waals surface area contributed by atoms with Crippen LogP contribution in [0.5, 0.6) is 0 Å². The molecule has 1 aromatic rings. The molecule has 90 valence electrons. The topological polar surface area (TPSA) is 75.2 Å². The van der Waals surface area contributed by atoms with Crippen molar-refractivity contribution in [2.45, 2.75) is 26.2 Å². The van der Waals surface area contributed by atoms with Crippen LogP contribution in [-0.4, -0.2) is 28.5 Å². The van der Waals surface area contributed by atoms with Crippen molar-refractivity contribution in [3.05, 3.63) is 18.0 Å². The molecule has 6 heteroatoms. The molecule has 0 spiro atoms. The largest absolute Gasteiger partial charge is 0.330 e. The minimum atomic E-state index is -0.460. The zero-order valence-corrected chi connectivity index (χ0v) is 9.80. The Labute approximate surface area is 99.1 Å². The van der Waals surface area contributed by atoms with Gasteiger partial charge >= 0.3 is 6.03 Å². The number of carbonyl (C=O) groups excluding carboxylic acids is 2. The summed E-state index contributed by atoms with van der Waals surface area (Å²) < 4.78 is 0. The Balaban J connectivity index is 2.17. The van der Waals surface area contributed by atoms with Gasteiger partial charge in [-0.25, -0.2) is 14.8 Å². The lowest BCUT2D eigenvalue weighted by Crippen LogP contribution is -2.50. The lowest BCUT2D eigenvalue weighted by atomic mass is 10.1. The van der Waals surface area contributed by atoms with E-state index in [1.807, 2.05) is 13.8 Å². The molecule has 0 unspecified atom stereocenters. The summed E-state index contributed by atoms with van der Waals surface area (Å²) in [4.78, 5) is 32.2. The number of hydrogen-bond donors (Lipinski definition) is 1. The third-order valence-corrected chi connectivity index (χ3v) is 2.62. The van der Waals surface area contributed by atoms with Crippen LogP contribution in [0.15, 0.2) is 12.4 Å². The van der Waals surface area contributed by atoms with Gasteiger partial charge in [-0.1, -0.05) is 13.8 Å². The average molecular weight is 234 g/mol. The highest BCUT2D eigenvalue weighted by Gasteiger charge is 2.25. The number of anilines is 1. The second kappa shape index (κ2) is 4.48. The normalized spacial score (nSPS) is 16.3. The van der Waals surface area contributed by atoms with Gasteiger partial charge in [0, 0.05) is 25.4 Å². The summed E-state index contributed by atoms with van der Waals surface area (Å²) in [7, 11) is 0. The maximum Gasteiger partial charge on any atom is 0.330 e. The first-order chi connectivity index (χ1) is 8.08. The number of rotatable bonds is 2. The molecule has 0 atom stereocenters. The van der Waals surface area contributed by atoms with E-state index < -0.39 is 6.03 Å². The smallest absolute Gasteiger partial charge is 0.278 e. The molecule has 1 fully saturated rings. The molecule has 0 aliphatic carbocycles. The lowest BCUT2D eigenvalue weighted by Gasteiger charge is -2.24. The van der Waals surface area contributed by atoms with E-state index in [0.29, 0.717) is 18.4 Å². The molecule has 1 aliphatic rings. The number of carbonyl (C=O) groups is 2. The lowest BCUT2D eigenvalue weighted by molar-refractivity contribution is -0.120. The van der Waals surface area contributed by atoms with Gasteiger partial charge < -0.3 is 0 Å². The van der Waals surface area contributed by atoms with Gasteiger partial charge in [-0.3, -0.25) is 15.0 Å². The molecule has 2 heterocycles. The predicted molar refractivity (Wildman–Crippen MR) is 61.6 cm³/mol. The molecule has 1 aromatic heterocycles. The van der Waals surface area contributed by atoms with Gasteiger partial charge in [-0.05, 0) is 11.5 Å². The van der Waals surface area contributed by atoms with Crippen molar-refractivity contribution in [1.29, 1.82) is 0 Å². The SMILES string of the molecule is CC(C)c1cnc(N2CCC(=O)NC2=O)nc1. The standard InChI is InChI=1S/C11H14N4O2/c1-7(2)8-5-12-10(13-6-8)15-4-3-9(16)14-11(15)17/h5-7H,3-4H2,1-2H3,(H,14,16,17). The summed E-state index contributed by atoms with van der Waals surface area (Å²) in [5.74, 6) is 0.422. The van der Waals surface area contributed by atoms with E-state index in [9.17, 15) is 9.59 Å². The van der Waals surface area contributed by atoms with E-state index in [0.717, 1.165) is 5.56 Å². The molecule has 0 bridgehead atoms. The van der Waals surface area contributed by atoms with E-state index in [1.165, 1.54) is 4.90 Å². The Morgan fingerprint density at radius 3 is 2.47 bits per heavy atom. The van der Waals surface area contributed by atoms with Gasteiger partial charge in [0.15, 0.2) is 0 Å². The number of amides is 3. The predicted octanol–water partition coefficient (Wildman–Crippen LogP) is 1.05. The van der Waals surface area contributed by atoms with E-state index in [4.69, 9.17) is 0 Å². The summed E-state index contributed by atoms with van der Waals surface area (Å²) in [6, 6.07) is -0.460. The number of imide groups is 1. The molecule has 17 heavy (non-hydrogen) atoms. The summed E-state index contributed by atoms with van der Waals surface area (Å²) in [6.45, 7) is 4.42. The van der Waals surface area contributed by atoms with Crippen LogP contribution in [0.2, 0.25) is 0 Å². The highest BCUT2D eigenvalue weighted by atomic mass is 16.2. The minimum Gasteiger partial charge on any atom is -0.278 e. The monoisotopic (exact) mass is 234 g/mol. The maximum atomic E-state index is 11.5. The van der Waals surface area contributed by atoms with Crippen LogP contribution in [-0.2, 0) is 4.79 Å². The van der Waals surface area contributed by atoms with Crippen molar-refractivity contribution in [1.82, 2.24) is 15.3 Å². The van der Waals surface area contributed by atoms with Crippen LogP contribution in [0, 0.1) is 0 Å². The molecule has 1 aliphatic heterocycles. The minimum absolute atomic E-state index is 0.259. The molecule has 6 nitrogen and oxygen atoms in total. The molecule has 1 saturated heterocycles. The molecule has 3 amide bonds. The van der Waals surface area contributed by atoms with Crippen molar-refractivity contribution in [2.24, 2.45) is 0 Å². The zero-order valence-electron chi connectivity index (χ0n) is 9.80. The third-order valence-electron chi connectivity index (χ3n) is 2.62. The van der Waals surface area contributed by atoms with Gasteiger partial charge in [-0.15, -0.1) is 0 Å². The van der Waals surface area contributed by atoms with Gasteiger partial charge in [-0.2, -0.15) is 0 Å². The van der Waals surface area contributed by atoms with E-state index in [1.54, 1.807) is 12.4 Å². The fourth-order valence-corrected chi connectivity index (χ4v) is 1.52. The number of nitrogens with one attached hydrogen (secondary N) is 1. The van der Waals surface area contributed by atoms with Gasteiger partial charge in [0.25, 0.3) is 0 Å². The molecule has 0 radical (unpaired) electrons. The Morgan fingerprint density at radius 1 is 1.29 bits per heavy atom. The Hall–Kier alpha value is -1.98. The first kappa shape index (κ1) is 11.5. The molecule has 0 aromatic carbocycles. The third kappa shape index (κ3) is 2.41. The van der Waals surface area contributed by atoms with Gasteiger partial charge in [0.2, 0.25) is 11.9 Å². The Bertz CT molecular complexity index is 441. The Kier molecular flexibility index (Phi) is 3.03. The van der Waals surface area contributed by atoms with Crippen molar-refractivity contribution < 1.29 is 9.59 Å². The fourth-order valence-electron chi connectivity index (χ4n) is 1.52. The summed E-state index contributed by atoms with van der Waals surface area (Å²) in [5, 5.41) is 2.23. The average Bonchev–Trinajstić information content (AvgIpc) is 2.29. The van der Waals surface area contributed by atoms with Crippen molar-refractivity contribution in [2.75, 3.05) is 11.4 Å². The maximum absolute atomic E-state index is 11.5. The van der Waals surface area contributed by atoms with Gasteiger partial charge in [0.05, 0.1) is 0 Å². The number of nitrogens with zero attached hydrogens (tertiary/aromatic N) is 3. The van der Waals surface area contributed by atoms with E-state index in [-0.39, 0.29) is 12.3 Å². The van der Waals surface area contributed by atoms with Crippen LogP contribution >= 0.6 is 0 Å². The van der Waals surface area contributed by atoms with Crippen molar-refractivity contribution >= 4 is 17.9 Å². The summed E-state index contributed by atoms with van der Waals surface area (Å²) in [6.07, 6.45) is 3.69. The molecular formula is C11H14N4O2. The number of aromatic nitrogens is 2. The van der Waals surface area contributed by atoms with E-state index in [2.05, 4.69) is 15.3 Å². The molecular weight excluding hydrogens is 220 g/mol. The fraction of sp³-hybridized carbons (Fsp3) is 0.455. The van der Waals surface area contributed by atoms with Crippen molar-refractivity contribution in [3.8, 4) is 0 Å². The van der Waals surface area contributed by atoms with Crippen LogP contribution < -0.4 is 10.2 Å². The molecule has 2 rings (SSSR count). The number of hydrogen-bond acceptors (Lipinski definition) is 4. The van der Waals surface area contributed by atoms with Crippen LogP contribution in [0.1, 0.15) is 31.7 Å². The highest BCUT2D eigenvalue weighted by molar-refractivity contribution is 6.04. The highest BCUT2D eigenvalue weighted by Crippen LogP contribution is 2.15. The molecule has 0 saturated carbocycles. The first-order valence-electron chi connectivity index (χ1n) is 5.51. The van der Waals surface area contributed by atoms with Gasteiger partial charge in [0.1, 0.15) is 0 Å². The van der Waals surface area contributed by atoms with Crippen molar-refractivity contribution in [3.63, 3.8) is 0 Å². The van der Waals surface area contributed by atoms with Crippen LogP contribution in [0.25, 0.3) is 0 Å². The summed E-state index contributed by atoms with van der Waals surface area (Å²) >= 11 is 0. The Morgan fingerprint density at radius 2 is 1.94 bits per heavy atom. The first-order valence-corrected chi connectivity index (χ1v) is 5.51. The molecule has 1 N–H and O–H groups in total.